The third-order valence-corrected chi connectivity index (χ3v) is 6.58. The molecule has 108 valence electrons. The molecular weight excluding hydrogens is 264 g/mol. The predicted octanol–water partition coefficient (Wildman–Crippen LogP) is 1.61. The summed E-state index contributed by atoms with van der Waals surface area (Å²) >= 11 is 0. The second-order valence-electron chi connectivity index (χ2n) is 6.22. The molecule has 2 saturated carbocycles. The number of ether oxygens (including phenoxy) is 1. The molecule has 2 aliphatic rings. The van der Waals surface area contributed by atoms with Crippen LogP contribution in [0, 0.1) is 16.7 Å². The molecule has 1 N–H and O–H groups in total. The van der Waals surface area contributed by atoms with E-state index in [1.54, 1.807) is 0 Å². The van der Waals surface area contributed by atoms with Gasteiger partial charge in [-0.1, -0.05) is 13.8 Å². The molecule has 0 heterocycles. The first-order chi connectivity index (χ1) is 8.83. The number of fused-ring (bicyclic) bond motifs is 2. The number of hydrogen-bond acceptors (Lipinski definition) is 4. The molecule has 2 fully saturated rings. The van der Waals surface area contributed by atoms with E-state index in [0.29, 0.717) is 11.7 Å². The topological polar surface area (TPSA) is 63.6 Å². The fourth-order valence-corrected chi connectivity index (χ4v) is 5.46. The van der Waals surface area contributed by atoms with Crippen molar-refractivity contribution >= 4 is 16.8 Å². The highest BCUT2D eigenvalue weighted by Crippen LogP contribution is 2.65. The Hall–Kier alpha value is -0.680. The number of methoxy groups -OCH3 is 1. The Morgan fingerprint density at radius 3 is 2.68 bits per heavy atom. The van der Waals surface area contributed by atoms with Crippen molar-refractivity contribution in [1.82, 2.24) is 0 Å². The van der Waals surface area contributed by atoms with Crippen LogP contribution >= 0.6 is 0 Å². The molecule has 0 aromatic carbocycles. The van der Waals surface area contributed by atoms with Crippen molar-refractivity contribution < 1.29 is 18.8 Å². The van der Waals surface area contributed by atoms with Crippen LogP contribution in [-0.2, 0) is 20.3 Å². The largest absolute Gasteiger partial charge is 0.466 e. The summed E-state index contributed by atoms with van der Waals surface area (Å²) in [5.41, 5.74) is -0.260. The van der Waals surface area contributed by atoms with Crippen LogP contribution in [0.5, 0.6) is 0 Å². The molecule has 2 rings (SSSR count). The van der Waals surface area contributed by atoms with Crippen LogP contribution in [0.3, 0.4) is 0 Å². The lowest BCUT2D eigenvalue weighted by Gasteiger charge is -2.39. The Morgan fingerprint density at radius 1 is 1.53 bits per heavy atom. The molecule has 2 bridgehead atoms. The van der Waals surface area contributed by atoms with Crippen LogP contribution < -0.4 is 0 Å². The van der Waals surface area contributed by atoms with E-state index < -0.39 is 16.8 Å². The Bertz CT molecular complexity index is 429. The maximum atomic E-state index is 12.1. The lowest BCUT2D eigenvalue weighted by atomic mass is 9.70. The zero-order valence-electron chi connectivity index (χ0n) is 11.7. The molecule has 0 spiro atoms. The van der Waals surface area contributed by atoms with Gasteiger partial charge < -0.3 is 9.84 Å². The monoisotopic (exact) mass is 286 g/mol. The van der Waals surface area contributed by atoms with Gasteiger partial charge in [0.2, 0.25) is 0 Å². The van der Waals surface area contributed by atoms with Gasteiger partial charge in [0.05, 0.1) is 13.2 Å². The average molecular weight is 286 g/mol. The molecule has 0 aromatic heterocycles. The number of aliphatic hydroxyl groups excluding tert-OH is 1. The first-order valence-electron chi connectivity index (χ1n) is 6.65. The van der Waals surface area contributed by atoms with Crippen molar-refractivity contribution in [2.45, 2.75) is 39.2 Å². The first kappa shape index (κ1) is 14.7. The second-order valence-corrected chi connectivity index (χ2v) is 7.54. The highest BCUT2D eigenvalue weighted by atomic mass is 32.2. The van der Waals surface area contributed by atoms with Crippen LogP contribution in [0.4, 0.5) is 0 Å². The predicted molar refractivity (Wildman–Crippen MR) is 73.7 cm³/mol. The maximum Gasteiger partial charge on any atom is 0.331 e. The van der Waals surface area contributed by atoms with E-state index in [-0.39, 0.29) is 16.9 Å². The average Bonchev–Trinajstić information content (AvgIpc) is 2.70. The van der Waals surface area contributed by atoms with Crippen LogP contribution in [0.15, 0.2) is 11.5 Å². The fraction of sp³-hybridized carbons (Fsp3) is 0.786. The summed E-state index contributed by atoms with van der Waals surface area (Å²) in [5, 5.41) is 11.7. The summed E-state index contributed by atoms with van der Waals surface area (Å²) in [4.78, 5) is 11.0. The zero-order valence-corrected chi connectivity index (χ0v) is 12.5. The van der Waals surface area contributed by atoms with Crippen LogP contribution in [0.2, 0.25) is 0 Å². The van der Waals surface area contributed by atoms with Crippen LogP contribution in [0.25, 0.3) is 0 Å². The minimum atomic E-state index is -1.25. The highest BCUT2D eigenvalue weighted by molar-refractivity contribution is 7.88. The summed E-state index contributed by atoms with van der Waals surface area (Å²) in [6.45, 7) is 4.34. The number of carbonyl (C=O) groups excluding carboxylic acids is 1. The van der Waals surface area contributed by atoms with Gasteiger partial charge in [0.1, 0.15) is 0 Å². The van der Waals surface area contributed by atoms with Crippen molar-refractivity contribution in [3.05, 3.63) is 11.5 Å². The molecule has 0 aromatic rings. The van der Waals surface area contributed by atoms with E-state index in [2.05, 4.69) is 18.6 Å². The minimum absolute atomic E-state index is 0.0151. The third kappa shape index (κ3) is 2.27. The van der Waals surface area contributed by atoms with E-state index in [9.17, 15) is 14.1 Å². The maximum absolute atomic E-state index is 12.1. The quantitative estimate of drug-likeness (QED) is 0.630. The molecule has 4 atom stereocenters. The Morgan fingerprint density at radius 2 is 2.21 bits per heavy atom. The van der Waals surface area contributed by atoms with E-state index in [1.165, 1.54) is 18.6 Å². The van der Waals surface area contributed by atoms with Gasteiger partial charge >= 0.3 is 5.97 Å². The molecule has 5 heteroatoms. The number of aliphatic hydroxyl groups is 1. The lowest BCUT2D eigenvalue weighted by molar-refractivity contribution is -0.134. The zero-order chi connectivity index (χ0) is 14.3. The van der Waals surface area contributed by atoms with Crippen molar-refractivity contribution in [2.24, 2.45) is 16.7 Å². The molecule has 0 radical (unpaired) electrons. The molecule has 19 heavy (non-hydrogen) atoms. The Balaban J connectivity index is 2.11. The smallest absolute Gasteiger partial charge is 0.331 e. The van der Waals surface area contributed by atoms with E-state index in [0.717, 1.165) is 19.3 Å². The van der Waals surface area contributed by atoms with E-state index in [4.69, 9.17) is 0 Å². The van der Waals surface area contributed by atoms with Gasteiger partial charge in [-0.25, -0.2) is 4.79 Å². The number of esters is 1. The fourth-order valence-electron chi connectivity index (χ4n) is 3.88. The van der Waals surface area contributed by atoms with Gasteiger partial charge in [0.15, 0.2) is 0 Å². The van der Waals surface area contributed by atoms with Gasteiger partial charge in [-0.05, 0) is 30.6 Å². The van der Waals surface area contributed by atoms with Gasteiger partial charge in [-0.2, -0.15) is 0 Å². The highest BCUT2D eigenvalue weighted by Gasteiger charge is 2.63. The van der Waals surface area contributed by atoms with Crippen molar-refractivity contribution in [3.63, 3.8) is 0 Å². The molecular formula is C14H22O4S. The minimum Gasteiger partial charge on any atom is -0.466 e. The lowest BCUT2D eigenvalue weighted by Crippen LogP contribution is -2.43. The molecule has 2 aliphatic carbocycles. The molecule has 4 nitrogen and oxygen atoms in total. The molecule has 0 aliphatic heterocycles. The summed E-state index contributed by atoms with van der Waals surface area (Å²) < 4.78 is 16.6. The van der Waals surface area contributed by atoms with Gasteiger partial charge in [-0.15, -0.1) is 0 Å². The Labute approximate surface area is 116 Å². The van der Waals surface area contributed by atoms with Crippen molar-refractivity contribution in [3.8, 4) is 0 Å². The number of hydrogen-bond donors (Lipinski definition) is 1. The molecule has 0 saturated heterocycles. The van der Waals surface area contributed by atoms with Gasteiger partial charge in [-0.3, -0.25) is 4.21 Å². The summed E-state index contributed by atoms with van der Waals surface area (Å²) in [6.07, 6.45) is 3.65. The normalized spacial score (nSPS) is 37.7. The van der Waals surface area contributed by atoms with E-state index in [1.807, 2.05) is 0 Å². The van der Waals surface area contributed by atoms with Crippen LogP contribution in [0.1, 0.15) is 33.1 Å². The third-order valence-electron chi connectivity index (χ3n) is 5.35. The summed E-state index contributed by atoms with van der Waals surface area (Å²) in [5.74, 6) is 0.441. The Kier molecular flexibility index (Phi) is 3.89. The van der Waals surface area contributed by atoms with E-state index >= 15 is 0 Å². The SMILES string of the molecule is COC(=O)/C=C\S(=O)C[C@]12CC[C@H](C[C@@H]1O)C2(C)C. The molecule has 1 unspecified atom stereocenters. The molecule has 0 amide bonds. The first-order valence-corrected chi connectivity index (χ1v) is 8.03. The van der Waals surface area contributed by atoms with Gasteiger partial charge in [0.25, 0.3) is 0 Å². The van der Waals surface area contributed by atoms with Crippen LogP contribution in [-0.4, -0.2) is 34.3 Å². The standard InChI is InChI=1S/C14H22O4S/c1-13(2)10-4-6-14(13,11(15)8-10)9-19(17)7-5-12(16)18-3/h5,7,10-11,15H,4,6,8-9H2,1-3H3/b7-5-/t10-,11+,14-,19?/m1/s1. The summed E-state index contributed by atoms with van der Waals surface area (Å²) in [6, 6.07) is 0. The number of carbonyl (C=O) groups is 1. The number of rotatable bonds is 4. The van der Waals surface area contributed by atoms with Gasteiger partial charge in [0, 0.05) is 33.5 Å². The van der Waals surface area contributed by atoms with Crippen molar-refractivity contribution in [1.29, 1.82) is 0 Å². The van der Waals surface area contributed by atoms with Crippen molar-refractivity contribution in [2.75, 3.05) is 12.9 Å². The summed E-state index contributed by atoms with van der Waals surface area (Å²) in [7, 11) is 0.0381. The second kappa shape index (κ2) is 5.02.